The normalized spacial score (nSPS) is 14.0. The van der Waals surface area contributed by atoms with Crippen molar-refractivity contribution in [3.8, 4) is 5.75 Å². The zero-order chi connectivity index (χ0) is 21.2. The summed E-state index contributed by atoms with van der Waals surface area (Å²) >= 11 is 0. The van der Waals surface area contributed by atoms with E-state index in [-0.39, 0.29) is 18.4 Å². The largest absolute Gasteiger partial charge is 0.496 e. The first kappa shape index (κ1) is 21.0. The molecule has 0 spiro atoms. The van der Waals surface area contributed by atoms with Gasteiger partial charge in [-0.05, 0) is 42.2 Å². The molecule has 0 saturated heterocycles. The van der Waals surface area contributed by atoms with E-state index in [4.69, 9.17) is 4.74 Å². The fourth-order valence-electron chi connectivity index (χ4n) is 3.99. The van der Waals surface area contributed by atoms with E-state index in [1.54, 1.807) is 35.0 Å². The highest BCUT2D eigenvalue weighted by atomic mass is 19.1. The minimum absolute atomic E-state index is 0.0246. The molecule has 2 aromatic carbocycles. The molecule has 154 valence electrons. The third kappa shape index (κ3) is 4.32. The molecule has 1 unspecified atom stereocenters. The predicted octanol–water partition coefficient (Wildman–Crippen LogP) is 4.22. The first-order valence-electron chi connectivity index (χ1n) is 9.40. The number of fused-ring (bicyclic) bond motifs is 1. The second-order valence-corrected chi connectivity index (χ2v) is 8.09. The zero-order valence-electron chi connectivity index (χ0n) is 16.8. The van der Waals surface area contributed by atoms with Crippen molar-refractivity contribution in [2.24, 2.45) is 0 Å². The highest BCUT2D eigenvalue weighted by molar-refractivity contribution is 5.78. The molecule has 0 aliphatic rings. The summed E-state index contributed by atoms with van der Waals surface area (Å²) in [5.74, 6) is 0.0514. The van der Waals surface area contributed by atoms with Crippen molar-refractivity contribution < 1.29 is 18.6 Å². The molecule has 0 saturated carbocycles. The molecular formula is C23H25F2NO3. The Hall–Kier alpha value is -2.73. The quantitative estimate of drug-likeness (QED) is 0.645. The SMILES string of the molecule is COc1ccc(F)cc1C(C)(C)CC(O)(CF)Cn1ccc(=O)c2ccccc21. The second kappa shape index (κ2) is 7.95. The van der Waals surface area contributed by atoms with Crippen molar-refractivity contribution in [3.05, 3.63) is 76.3 Å². The van der Waals surface area contributed by atoms with Crippen LogP contribution in [0.4, 0.5) is 8.78 Å². The monoisotopic (exact) mass is 401 g/mol. The Morgan fingerprint density at radius 1 is 1.14 bits per heavy atom. The summed E-state index contributed by atoms with van der Waals surface area (Å²) in [5, 5.41) is 11.6. The van der Waals surface area contributed by atoms with Crippen LogP contribution in [-0.4, -0.2) is 29.1 Å². The van der Waals surface area contributed by atoms with Crippen molar-refractivity contribution in [1.29, 1.82) is 0 Å². The van der Waals surface area contributed by atoms with Crippen LogP contribution < -0.4 is 10.2 Å². The lowest BCUT2D eigenvalue weighted by atomic mass is 9.75. The summed E-state index contributed by atoms with van der Waals surface area (Å²) in [6.45, 7) is 2.59. The minimum atomic E-state index is -1.72. The smallest absolute Gasteiger partial charge is 0.189 e. The lowest BCUT2D eigenvalue weighted by Crippen LogP contribution is -2.42. The topological polar surface area (TPSA) is 51.5 Å². The first-order chi connectivity index (χ1) is 13.7. The van der Waals surface area contributed by atoms with E-state index in [0.29, 0.717) is 22.2 Å². The van der Waals surface area contributed by atoms with E-state index in [2.05, 4.69) is 0 Å². The summed E-state index contributed by atoms with van der Waals surface area (Å²) < 4.78 is 35.0. The second-order valence-electron chi connectivity index (χ2n) is 8.09. The molecule has 6 heteroatoms. The first-order valence-corrected chi connectivity index (χ1v) is 9.40. The van der Waals surface area contributed by atoms with E-state index in [1.165, 1.54) is 31.4 Å². The molecule has 29 heavy (non-hydrogen) atoms. The van der Waals surface area contributed by atoms with Crippen molar-refractivity contribution >= 4 is 10.9 Å². The molecule has 0 aliphatic heterocycles. The van der Waals surface area contributed by atoms with Gasteiger partial charge in [0.1, 0.15) is 23.8 Å². The Bertz CT molecular complexity index is 1080. The highest BCUT2D eigenvalue weighted by Crippen LogP contribution is 2.39. The van der Waals surface area contributed by atoms with Crippen LogP contribution >= 0.6 is 0 Å². The maximum atomic E-state index is 14.1. The number of halogens is 2. The van der Waals surface area contributed by atoms with Gasteiger partial charge < -0.3 is 14.4 Å². The molecule has 1 aromatic heterocycles. The van der Waals surface area contributed by atoms with Crippen molar-refractivity contribution in [2.45, 2.75) is 37.8 Å². The number of hydrogen-bond donors (Lipinski definition) is 1. The summed E-state index contributed by atoms with van der Waals surface area (Å²) in [6, 6.07) is 12.6. The number of para-hydroxylation sites is 1. The Morgan fingerprint density at radius 2 is 1.86 bits per heavy atom. The number of alkyl halides is 1. The van der Waals surface area contributed by atoms with Gasteiger partial charge in [0.25, 0.3) is 0 Å². The Kier molecular flexibility index (Phi) is 5.75. The molecule has 3 rings (SSSR count). The molecule has 0 radical (unpaired) electrons. The lowest BCUT2D eigenvalue weighted by molar-refractivity contribution is -0.0228. The number of aliphatic hydroxyl groups is 1. The van der Waals surface area contributed by atoms with E-state index in [9.17, 15) is 18.7 Å². The van der Waals surface area contributed by atoms with Crippen LogP contribution in [0.2, 0.25) is 0 Å². The summed E-state index contributed by atoms with van der Waals surface area (Å²) in [6.07, 6.45) is 1.58. The Labute approximate surface area is 168 Å². The molecular weight excluding hydrogens is 376 g/mol. The van der Waals surface area contributed by atoms with Gasteiger partial charge in [0.15, 0.2) is 5.43 Å². The van der Waals surface area contributed by atoms with Crippen LogP contribution in [0.25, 0.3) is 10.9 Å². The number of aromatic nitrogens is 1. The molecule has 0 bridgehead atoms. The molecule has 0 amide bonds. The van der Waals surface area contributed by atoms with Gasteiger partial charge >= 0.3 is 0 Å². The van der Waals surface area contributed by atoms with Gasteiger partial charge in [0, 0.05) is 23.2 Å². The molecule has 0 fully saturated rings. The van der Waals surface area contributed by atoms with E-state index in [0.717, 1.165) is 0 Å². The van der Waals surface area contributed by atoms with Gasteiger partial charge in [0.05, 0.1) is 19.2 Å². The van der Waals surface area contributed by atoms with Gasteiger partial charge in [-0.3, -0.25) is 4.79 Å². The van der Waals surface area contributed by atoms with Gasteiger partial charge in [0.2, 0.25) is 0 Å². The summed E-state index contributed by atoms with van der Waals surface area (Å²) in [7, 11) is 1.49. The molecule has 1 heterocycles. The Balaban J connectivity index is 1.98. The third-order valence-corrected chi connectivity index (χ3v) is 5.26. The number of ether oxygens (including phenoxy) is 1. The number of benzene rings is 2. The standard InChI is InChI=1S/C23H25F2NO3/c1-22(2,18-12-16(25)8-9-21(18)29-3)13-23(28,14-24)15-26-11-10-20(27)17-6-4-5-7-19(17)26/h4-12,28H,13-15H2,1-3H3. The number of methoxy groups -OCH3 is 1. The van der Waals surface area contributed by atoms with Crippen LogP contribution in [-0.2, 0) is 12.0 Å². The molecule has 1 atom stereocenters. The average molecular weight is 401 g/mol. The van der Waals surface area contributed by atoms with Gasteiger partial charge in [-0.15, -0.1) is 0 Å². The molecule has 4 nitrogen and oxygen atoms in total. The average Bonchev–Trinajstić information content (AvgIpc) is 2.70. The summed E-state index contributed by atoms with van der Waals surface area (Å²) in [4.78, 5) is 12.1. The Morgan fingerprint density at radius 3 is 2.55 bits per heavy atom. The van der Waals surface area contributed by atoms with Crippen molar-refractivity contribution in [1.82, 2.24) is 4.57 Å². The lowest BCUT2D eigenvalue weighted by Gasteiger charge is -2.36. The van der Waals surface area contributed by atoms with Gasteiger partial charge in [-0.1, -0.05) is 26.0 Å². The fraction of sp³-hybridized carbons (Fsp3) is 0.348. The van der Waals surface area contributed by atoms with Gasteiger partial charge in [-0.2, -0.15) is 0 Å². The summed E-state index contributed by atoms with van der Waals surface area (Å²) in [5.41, 5.74) is -1.46. The van der Waals surface area contributed by atoms with Crippen molar-refractivity contribution in [3.63, 3.8) is 0 Å². The zero-order valence-corrected chi connectivity index (χ0v) is 16.8. The number of pyridine rings is 1. The highest BCUT2D eigenvalue weighted by Gasteiger charge is 2.38. The number of hydrogen-bond acceptors (Lipinski definition) is 3. The van der Waals surface area contributed by atoms with E-state index >= 15 is 0 Å². The van der Waals surface area contributed by atoms with Crippen LogP contribution in [0.1, 0.15) is 25.8 Å². The minimum Gasteiger partial charge on any atom is -0.496 e. The molecule has 3 aromatic rings. The number of nitrogens with zero attached hydrogens (tertiary/aromatic N) is 1. The van der Waals surface area contributed by atoms with E-state index in [1.807, 2.05) is 13.8 Å². The fourth-order valence-corrected chi connectivity index (χ4v) is 3.99. The third-order valence-electron chi connectivity index (χ3n) is 5.26. The van der Waals surface area contributed by atoms with Crippen molar-refractivity contribution in [2.75, 3.05) is 13.8 Å². The maximum Gasteiger partial charge on any atom is 0.189 e. The molecule has 0 aliphatic carbocycles. The van der Waals surface area contributed by atoms with Gasteiger partial charge in [-0.25, -0.2) is 8.78 Å². The number of rotatable bonds is 7. The molecule has 1 N–H and O–H groups in total. The van der Waals surface area contributed by atoms with Crippen LogP contribution in [0, 0.1) is 5.82 Å². The maximum absolute atomic E-state index is 14.1. The van der Waals surface area contributed by atoms with Crippen LogP contribution in [0.3, 0.4) is 0 Å². The van der Waals surface area contributed by atoms with Crippen LogP contribution in [0.15, 0.2) is 59.5 Å². The van der Waals surface area contributed by atoms with Crippen LogP contribution in [0.5, 0.6) is 5.75 Å². The van der Waals surface area contributed by atoms with E-state index < -0.39 is 23.5 Å². The predicted molar refractivity (Wildman–Crippen MR) is 110 cm³/mol.